The molecule has 1 aliphatic heterocycles. The first-order valence-electron chi connectivity index (χ1n) is 4.74. The lowest BCUT2D eigenvalue weighted by Gasteiger charge is -2.07. The second-order valence-electron chi connectivity index (χ2n) is 3.94. The fourth-order valence-electron chi connectivity index (χ4n) is 1.85. The van der Waals surface area contributed by atoms with Gasteiger partial charge in [-0.2, -0.15) is 0 Å². The zero-order chi connectivity index (χ0) is 10.5. The molecule has 0 saturated heterocycles. The van der Waals surface area contributed by atoms with Gasteiger partial charge in [0.15, 0.2) is 0 Å². The van der Waals surface area contributed by atoms with Gasteiger partial charge in [0.25, 0.3) is 5.91 Å². The predicted molar refractivity (Wildman–Crippen MR) is 54.2 cm³/mol. The van der Waals surface area contributed by atoms with Crippen LogP contribution >= 0.6 is 0 Å². The van der Waals surface area contributed by atoms with Gasteiger partial charge in [0.05, 0.1) is 0 Å². The van der Waals surface area contributed by atoms with Crippen LogP contribution in [0.15, 0.2) is 0 Å². The van der Waals surface area contributed by atoms with Gasteiger partial charge in [0.1, 0.15) is 5.69 Å². The van der Waals surface area contributed by atoms with Gasteiger partial charge in [-0.05, 0) is 31.9 Å². The van der Waals surface area contributed by atoms with Gasteiger partial charge in [-0.1, -0.05) is 0 Å². The monoisotopic (exact) mass is 190 g/mol. The summed E-state index contributed by atoms with van der Waals surface area (Å²) in [5.41, 5.74) is 5.12. The van der Waals surface area contributed by atoms with Gasteiger partial charge in [-0.25, -0.2) is 4.98 Å². The van der Waals surface area contributed by atoms with Crippen molar-refractivity contribution in [3.63, 3.8) is 0 Å². The molecule has 14 heavy (non-hydrogen) atoms. The number of hydrogen-bond donors (Lipinski definition) is 0. The Labute approximate surface area is 83.8 Å². The molecule has 0 saturated carbocycles. The van der Waals surface area contributed by atoms with Gasteiger partial charge < -0.3 is 4.90 Å². The highest BCUT2D eigenvalue weighted by molar-refractivity contribution is 5.96. The molecule has 1 amide bonds. The van der Waals surface area contributed by atoms with Crippen LogP contribution in [0.4, 0.5) is 0 Å². The van der Waals surface area contributed by atoms with Gasteiger partial charge >= 0.3 is 0 Å². The Balaban J connectivity index is 2.70. The molecule has 0 spiro atoms. The highest BCUT2D eigenvalue weighted by Crippen LogP contribution is 2.26. The molecule has 0 fully saturated rings. The van der Waals surface area contributed by atoms with Crippen molar-refractivity contribution in [3.8, 4) is 0 Å². The van der Waals surface area contributed by atoms with E-state index in [0.717, 1.165) is 11.3 Å². The summed E-state index contributed by atoms with van der Waals surface area (Å²) in [5, 5.41) is 0. The number of hydrogen-bond acceptors (Lipinski definition) is 2. The SMILES string of the molecule is Cc1nc2c(c(C)c1C)CN(C)C2=O. The van der Waals surface area contributed by atoms with Crippen LogP contribution in [-0.4, -0.2) is 22.8 Å². The molecule has 3 nitrogen and oxygen atoms in total. The summed E-state index contributed by atoms with van der Waals surface area (Å²) in [7, 11) is 1.81. The molecule has 0 N–H and O–H groups in total. The van der Waals surface area contributed by atoms with E-state index in [1.54, 1.807) is 4.90 Å². The average Bonchev–Trinajstić information content (AvgIpc) is 2.42. The molecular formula is C11H14N2O. The molecule has 2 heterocycles. The minimum absolute atomic E-state index is 0.0474. The molecular weight excluding hydrogens is 176 g/mol. The van der Waals surface area contributed by atoms with E-state index in [2.05, 4.69) is 18.8 Å². The highest BCUT2D eigenvalue weighted by atomic mass is 16.2. The summed E-state index contributed by atoms with van der Waals surface area (Å²) in [6, 6.07) is 0. The van der Waals surface area contributed by atoms with Crippen molar-refractivity contribution in [2.24, 2.45) is 0 Å². The van der Waals surface area contributed by atoms with Crippen molar-refractivity contribution in [2.75, 3.05) is 7.05 Å². The van der Waals surface area contributed by atoms with Crippen molar-refractivity contribution in [1.29, 1.82) is 0 Å². The van der Waals surface area contributed by atoms with E-state index in [-0.39, 0.29) is 5.91 Å². The molecule has 2 rings (SSSR count). The van der Waals surface area contributed by atoms with E-state index in [1.165, 1.54) is 11.1 Å². The highest BCUT2D eigenvalue weighted by Gasteiger charge is 2.28. The van der Waals surface area contributed by atoms with Crippen molar-refractivity contribution in [3.05, 3.63) is 28.1 Å². The third kappa shape index (κ3) is 1.05. The number of pyridine rings is 1. The van der Waals surface area contributed by atoms with E-state index >= 15 is 0 Å². The van der Waals surface area contributed by atoms with E-state index < -0.39 is 0 Å². The molecule has 0 aromatic carbocycles. The zero-order valence-corrected chi connectivity index (χ0v) is 9.01. The van der Waals surface area contributed by atoms with Crippen molar-refractivity contribution < 1.29 is 4.79 Å². The maximum Gasteiger partial charge on any atom is 0.272 e. The van der Waals surface area contributed by atoms with Crippen LogP contribution in [0.1, 0.15) is 32.9 Å². The summed E-state index contributed by atoms with van der Waals surface area (Å²) in [5.74, 6) is 0.0474. The minimum Gasteiger partial charge on any atom is -0.336 e. The second-order valence-corrected chi connectivity index (χ2v) is 3.94. The Hall–Kier alpha value is -1.38. The topological polar surface area (TPSA) is 33.2 Å². The molecule has 0 aliphatic carbocycles. The smallest absolute Gasteiger partial charge is 0.272 e. The third-order valence-electron chi connectivity index (χ3n) is 3.07. The molecule has 1 aromatic rings. The lowest BCUT2D eigenvalue weighted by atomic mass is 10.0. The fourth-order valence-corrected chi connectivity index (χ4v) is 1.85. The van der Waals surface area contributed by atoms with Crippen LogP contribution in [0.25, 0.3) is 0 Å². The third-order valence-corrected chi connectivity index (χ3v) is 3.07. The summed E-state index contributed by atoms with van der Waals surface area (Å²) in [4.78, 5) is 17.7. The van der Waals surface area contributed by atoms with Crippen LogP contribution < -0.4 is 0 Å². The second kappa shape index (κ2) is 2.80. The van der Waals surface area contributed by atoms with E-state index in [0.29, 0.717) is 12.2 Å². The molecule has 3 heteroatoms. The molecule has 0 atom stereocenters. The average molecular weight is 190 g/mol. The standard InChI is InChI=1S/C11H14N2O/c1-6-7(2)9-5-13(4)11(14)10(9)12-8(6)3/h5H2,1-4H3. The Kier molecular flexibility index (Phi) is 1.84. The first-order valence-corrected chi connectivity index (χ1v) is 4.74. The van der Waals surface area contributed by atoms with Crippen LogP contribution in [0.2, 0.25) is 0 Å². The van der Waals surface area contributed by atoms with Crippen LogP contribution in [0.5, 0.6) is 0 Å². The zero-order valence-electron chi connectivity index (χ0n) is 9.01. The molecule has 0 unspecified atom stereocenters. The maximum atomic E-state index is 11.7. The molecule has 1 aromatic heterocycles. The minimum atomic E-state index is 0.0474. The Morgan fingerprint density at radius 2 is 1.86 bits per heavy atom. The normalized spacial score (nSPS) is 14.9. The van der Waals surface area contributed by atoms with Gasteiger partial charge in [-0.15, -0.1) is 0 Å². The number of aromatic nitrogens is 1. The van der Waals surface area contributed by atoms with Crippen LogP contribution in [-0.2, 0) is 6.54 Å². The summed E-state index contributed by atoms with van der Waals surface area (Å²) < 4.78 is 0. The number of aryl methyl sites for hydroxylation is 1. The summed E-state index contributed by atoms with van der Waals surface area (Å²) in [6.07, 6.45) is 0. The first kappa shape index (κ1) is 9.19. The molecule has 74 valence electrons. The molecule has 1 aliphatic rings. The predicted octanol–water partition coefficient (Wildman–Crippen LogP) is 1.59. The largest absolute Gasteiger partial charge is 0.336 e. The number of nitrogens with zero attached hydrogens (tertiary/aromatic N) is 2. The number of fused-ring (bicyclic) bond motifs is 1. The molecule has 0 radical (unpaired) electrons. The van der Waals surface area contributed by atoms with Crippen LogP contribution in [0, 0.1) is 20.8 Å². The number of rotatable bonds is 0. The molecule has 0 bridgehead atoms. The summed E-state index contributed by atoms with van der Waals surface area (Å²) >= 11 is 0. The first-order chi connectivity index (χ1) is 6.52. The fraction of sp³-hybridized carbons (Fsp3) is 0.455. The van der Waals surface area contributed by atoms with Gasteiger partial charge in [0.2, 0.25) is 0 Å². The van der Waals surface area contributed by atoms with Gasteiger partial charge in [0, 0.05) is 24.8 Å². The lowest BCUT2D eigenvalue weighted by Crippen LogP contribution is -2.18. The van der Waals surface area contributed by atoms with E-state index in [1.807, 2.05) is 14.0 Å². The van der Waals surface area contributed by atoms with Crippen molar-refractivity contribution in [2.45, 2.75) is 27.3 Å². The van der Waals surface area contributed by atoms with E-state index in [4.69, 9.17) is 0 Å². The Morgan fingerprint density at radius 3 is 2.50 bits per heavy atom. The van der Waals surface area contributed by atoms with Gasteiger partial charge in [-0.3, -0.25) is 4.79 Å². The quantitative estimate of drug-likeness (QED) is 0.622. The summed E-state index contributed by atoms with van der Waals surface area (Å²) in [6.45, 7) is 6.78. The lowest BCUT2D eigenvalue weighted by molar-refractivity contribution is 0.0812. The van der Waals surface area contributed by atoms with Crippen molar-refractivity contribution >= 4 is 5.91 Å². The number of carbonyl (C=O) groups excluding carboxylic acids is 1. The maximum absolute atomic E-state index is 11.7. The van der Waals surface area contributed by atoms with E-state index in [9.17, 15) is 4.79 Å². The number of carbonyl (C=O) groups is 1. The Bertz CT molecular complexity index is 424. The number of amides is 1. The van der Waals surface area contributed by atoms with Crippen molar-refractivity contribution in [1.82, 2.24) is 9.88 Å². The van der Waals surface area contributed by atoms with Crippen LogP contribution in [0.3, 0.4) is 0 Å². The Morgan fingerprint density at radius 1 is 1.21 bits per heavy atom.